The van der Waals surface area contributed by atoms with Crippen molar-refractivity contribution in [1.82, 2.24) is 15.0 Å². The Bertz CT molecular complexity index is 577. The largest absolute Gasteiger partial charge is 0.370 e. The molecule has 0 spiro atoms. The molecule has 2 aromatic heterocycles. The third-order valence-corrected chi connectivity index (χ3v) is 4.00. The number of rotatable bonds is 5. The molecule has 110 valence electrons. The Morgan fingerprint density at radius 1 is 1.24 bits per heavy atom. The minimum atomic E-state index is 0.589. The van der Waals surface area contributed by atoms with Gasteiger partial charge in [0, 0.05) is 42.2 Å². The fourth-order valence-corrected chi connectivity index (χ4v) is 2.86. The van der Waals surface area contributed by atoms with Crippen LogP contribution < -0.4 is 5.32 Å². The smallest absolute Gasteiger partial charge is 0.163 e. The third-order valence-electron chi connectivity index (χ3n) is 4.00. The number of aromatic nitrogens is 3. The van der Waals surface area contributed by atoms with Gasteiger partial charge in [0.1, 0.15) is 5.82 Å². The van der Waals surface area contributed by atoms with Gasteiger partial charge in [0.15, 0.2) is 5.82 Å². The normalized spacial score (nSPS) is 15.3. The molecule has 2 heterocycles. The van der Waals surface area contributed by atoms with Crippen LogP contribution in [0.15, 0.2) is 30.6 Å². The lowest BCUT2D eigenvalue weighted by atomic mass is 10.0. The molecule has 0 amide bonds. The summed E-state index contributed by atoms with van der Waals surface area (Å²) in [6.07, 6.45) is 9.82. The average Bonchev–Trinajstić information content (AvgIpc) is 3.08. The van der Waals surface area contributed by atoms with E-state index in [2.05, 4.69) is 28.3 Å². The zero-order chi connectivity index (χ0) is 14.5. The highest BCUT2D eigenvalue weighted by atomic mass is 15.0. The summed E-state index contributed by atoms with van der Waals surface area (Å²) in [6.45, 7) is 3.10. The summed E-state index contributed by atoms with van der Waals surface area (Å²) in [5, 5.41) is 3.40. The number of hydrogen-bond acceptors (Lipinski definition) is 4. The Balaban J connectivity index is 1.96. The molecule has 1 aliphatic rings. The van der Waals surface area contributed by atoms with Crippen molar-refractivity contribution in [3.05, 3.63) is 36.3 Å². The average molecular weight is 282 g/mol. The summed E-state index contributed by atoms with van der Waals surface area (Å²) in [6, 6.07) is 6.08. The second kappa shape index (κ2) is 6.66. The van der Waals surface area contributed by atoms with Gasteiger partial charge in [-0.2, -0.15) is 0 Å². The van der Waals surface area contributed by atoms with Crippen LogP contribution in [0.3, 0.4) is 0 Å². The molecule has 4 heteroatoms. The zero-order valence-corrected chi connectivity index (χ0v) is 12.5. The molecule has 0 aromatic carbocycles. The topological polar surface area (TPSA) is 50.7 Å². The molecule has 0 atom stereocenters. The van der Waals surface area contributed by atoms with E-state index in [0.29, 0.717) is 5.92 Å². The van der Waals surface area contributed by atoms with E-state index in [0.717, 1.165) is 30.2 Å². The summed E-state index contributed by atoms with van der Waals surface area (Å²) >= 11 is 0. The zero-order valence-electron chi connectivity index (χ0n) is 12.5. The quantitative estimate of drug-likeness (QED) is 0.900. The first-order chi connectivity index (χ1) is 10.4. The first-order valence-corrected chi connectivity index (χ1v) is 7.90. The van der Waals surface area contributed by atoms with Crippen LogP contribution in [0.4, 0.5) is 5.82 Å². The lowest BCUT2D eigenvalue weighted by Gasteiger charge is -2.13. The lowest BCUT2D eigenvalue weighted by Crippen LogP contribution is -2.07. The Labute approximate surface area is 126 Å². The van der Waals surface area contributed by atoms with E-state index in [-0.39, 0.29) is 0 Å². The molecule has 3 rings (SSSR count). The summed E-state index contributed by atoms with van der Waals surface area (Å²) in [4.78, 5) is 13.6. The van der Waals surface area contributed by atoms with Crippen LogP contribution in [-0.2, 0) is 0 Å². The first kappa shape index (κ1) is 14.0. The van der Waals surface area contributed by atoms with Crippen LogP contribution in [0.25, 0.3) is 11.4 Å². The Morgan fingerprint density at radius 3 is 2.81 bits per heavy atom. The van der Waals surface area contributed by atoms with Gasteiger partial charge in [0.25, 0.3) is 0 Å². The van der Waals surface area contributed by atoms with Crippen LogP contribution in [0.1, 0.15) is 50.6 Å². The van der Waals surface area contributed by atoms with Crippen molar-refractivity contribution in [2.45, 2.75) is 44.9 Å². The van der Waals surface area contributed by atoms with Gasteiger partial charge in [-0.1, -0.05) is 19.8 Å². The standard InChI is InChI=1S/C17H22N4/c1-2-9-19-16-11-15(13-6-3-4-7-13)20-17(21-16)14-8-5-10-18-12-14/h5,8,10-13H,2-4,6-7,9H2,1H3,(H,19,20,21). The first-order valence-electron chi connectivity index (χ1n) is 7.90. The van der Waals surface area contributed by atoms with Gasteiger partial charge >= 0.3 is 0 Å². The van der Waals surface area contributed by atoms with Crippen molar-refractivity contribution in [3.8, 4) is 11.4 Å². The van der Waals surface area contributed by atoms with E-state index in [4.69, 9.17) is 4.98 Å². The van der Waals surface area contributed by atoms with Gasteiger partial charge in [0.2, 0.25) is 0 Å². The molecule has 0 unspecified atom stereocenters. The molecule has 21 heavy (non-hydrogen) atoms. The SMILES string of the molecule is CCCNc1cc(C2CCCC2)nc(-c2cccnc2)n1. The molecule has 1 fully saturated rings. The van der Waals surface area contributed by atoms with E-state index >= 15 is 0 Å². The van der Waals surface area contributed by atoms with E-state index in [1.54, 1.807) is 6.20 Å². The van der Waals surface area contributed by atoms with Crippen LogP contribution >= 0.6 is 0 Å². The molecule has 0 saturated heterocycles. The van der Waals surface area contributed by atoms with Crippen molar-refractivity contribution in [1.29, 1.82) is 0 Å². The minimum Gasteiger partial charge on any atom is -0.370 e. The summed E-state index contributed by atoms with van der Waals surface area (Å²) in [7, 11) is 0. The fraction of sp³-hybridized carbons (Fsp3) is 0.471. The maximum absolute atomic E-state index is 4.80. The van der Waals surface area contributed by atoms with E-state index in [1.165, 1.54) is 31.4 Å². The van der Waals surface area contributed by atoms with Crippen LogP contribution in [0.5, 0.6) is 0 Å². The molecule has 1 saturated carbocycles. The highest BCUT2D eigenvalue weighted by Gasteiger charge is 2.20. The minimum absolute atomic E-state index is 0.589. The second-order valence-electron chi connectivity index (χ2n) is 5.65. The number of nitrogens with zero attached hydrogens (tertiary/aromatic N) is 3. The predicted octanol–water partition coefficient (Wildman–Crippen LogP) is 4.02. The second-order valence-corrected chi connectivity index (χ2v) is 5.65. The molecule has 2 aromatic rings. The van der Waals surface area contributed by atoms with Crippen molar-refractivity contribution < 1.29 is 0 Å². The predicted molar refractivity (Wildman–Crippen MR) is 85.3 cm³/mol. The van der Waals surface area contributed by atoms with Crippen LogP contribution in [-0.4, -0.2) is 21.5 Å². The van der Waals surface area contributed by atoms with Gasteiger partial charge in [0.05, 0.1) is 0 Å². The molecule has 0 aliphatic heterocycles. The van der Waals surface area contributed by atoms with E-state index in [1.807, 2.05) is 18.3 Å². The van der Waals surface area contributed by atoms with Crippen molar-refractivity contribution >= 4 is 5.82 Å². The molecule has 4 nitrogen and oxygen atoms in total. The Kier molecular flexibility index (Phi) is 4.43. The molecular weight excluding hydrogens is 260 g/mol. The van der Waals surface area contributed by atoms with Gasteiger partial charge < -0.3 is 5.32 Å². The summed E-state index contributed by atoms with van der Waals surface area (Å²) in [5.74, 6) is 2.31. The van der Waals surface area contributed by atoms with Crippen LogP contribution in [0, 0.1) is 0 Å². The fourth-order valence-electron chi connectivity index (χ4n) is 2.86. The summed E-state index contributed by atoms with van der Waals surface area (Å²) < 4.78 is 0. The molecule has 0 radical (unpaired) electrons. The monoisotopic (exact) mass is 282 g/mol. The van der Waals surface area contributed by atoms with Gasteiger partial charge in [-0.05, 0) is 31.4 Å². The van der Waals surface area contributed by atoms with Gasteiger partial charge in [-0.25, -0.2) is 9.97 Å². The molecule has 0 bridgehead atoms. The number of hydrogen-bond donors (Lipinski definition) is 1. The number of nitrogens with one attached hydrogen (secondary N) is 1. The highest BCUT2D eigenvalue weighted by molar-refractivity contribution is 5.56. The van der Waals surface area contributed by atoms with Crippen molar-refractivity contribution in [2.24, 2.45) is 0 Å². The number of pyridine rings is 1. The van der Waals surface area contributed by atoms with Gasteiger partial charge in [-0.3, -0.25) is 4.98 Å². The third kappa shape index (κ3) is 3.38. The van der Waals surface area contributed by atoms with Gasteiger partial charge in [-0.15, -0.1) is 0 Å². The lowest BCUT2D eigenvalue weighted by molar-refractivity contribution is 0.695. The van der Waals surface area contributed by atoms with Crippen LogP contribution in [0.2, 0.25) is 0 Å². The van der Waals surface area contributed by atoms with Crippen molar-refractivity contribution in [2.75, 3.05) is 11.9 Å². The Morgan fingerprint density at radius 2 is 2.10 bits per heavy atom. The highest BCUT2D eigenvalue weighted by Crippen LogP contribution is 2.34. The maximum Gasteiger partial charge on any atom is 0.163 e. The molecule has 1 N–H and O–H groups in total. The van der Waals surface area contributed by atoms with E-state index < -0.39 is 0 Å². The van der Waals surface area contributed by atoms with Crippen molar-refractivity contribution in [3.63, 3.8) is 0 Å². The van der Waals surface area contributed by atoms with E-state index in [9.17, 15) is 0 Å². The molecule has 1 aliphatic carbocycles. The molecular formula is C17H22N4. The number of anilines is 1. The summed E-state index contributed by atoms with van der Waals surface area (Å²) in [5.41, 5.74) is 2.16. The Hall–Kier alpha value is -1.97. The maximum atomic E-state index is 4.80.